The van der Waals surface area contributed by atoms with E-state index in [1.807, 2.05) is 13.8 Å². The molecule has 1 N–H and O–H groups in total. The molecule has 2 unspecified atom stereocenters. The van der Waals surface area contributed by atoms with Crippen molar-refractivity contribution < 1.29 is 4.79 Å². The first-order valence-electron chi connectivity index (χ1n) is 8.96. The summed E-state index contributed by atoms with van der Waals surface area (Å²) >= 11 is 0. The maximum absolute atomic E-state index is 12.3. The van der Waals surface area contributed by atoms with E-state index in [1.165, 1.54) is 32.1 Å². The third kappa shape index (κ3) is 6.82. The second-order valence-electron chi connectivity index (χ2n) is 7.48. The predicted molar refractivity (Wildman–Crippen MR) is 90.3 cm³/mol. The summed E-state index contributed by atoms with van der Waals surface area (Å²) in [4.78, 5) is 14.5. The summed E-state index contributed by atoms with van der Waals surface area (Å²) in [6, 6.07) is 0.488. The quantitative estimate of drug-likeness (QED) is 0.741. The maximum atomic E-state index is 12.3. The van der Waals surface area contributed by atoms with Crippen LogP contribution < -0.4 is 5.32 Å². The Morgan fingerprint density at radius 2 is 1.95 bits per heavy atom. The molecular formula is C18H36N2O. The first-order valence-corrected chi connectivity index (χ1v) is 8.96. The molecular weight excluding hydrogens is 260 g/mol. The van der Waals surface area contributed by atoms with Gasteiger partial charge in [0, 0.05) is 25.0 Å². The van der Waals surface area contributed by atoms with Crippen LogP contribution in [0.25, 0.3) is 0 Å². The average Bonchev–Trinajstić information content (AvgIpc) is 2.43. The number of nitrogens with one attached hydrogen (secondary N) is 1. The van der Waals surface area contributed by atoms with Crippen molar-refractivity contribution in [3.05, 3.63) is 0 Å². The number of nitrogens with zero attached hydrogens (tertiary/aromatic N) is 1. The number of amides is 1. The molecule has 0 spiro atoms. The third-order valence-corrected chi connectivity index (χ3v) is 4.46. The van der Waals surface area contributed by atoms with E-state index >= 15 is 0 Å². The molecule has 1 fully saturated rings. The first kappa shape index (κ1) is 18.5. The largest absolute Gasteiger partial charge is 0.341 e. The van der Waals surface area contributed by atoms with Crippen LogP contribution in [0.4, 0.5) is 0 Å². The molecule has 1 aliphatic rings. The normalized spacial score (nSPS) is 23.1. The lowest BCUT2D eigenvalue weighted by molar-refractivity contribution is -0.137. The molecule has 1 saturated heterocycles. The fourth-order valence-corrected chi connectivity index (χ4v) is 3.17. The average molecular weight is 296 g/mol. The van der Waals surface area contributed by atoms with E-state index in [4.69, 9.17) is 0 Å². The highest BCUT2D eigenvalue weighted by atomic mass is 16.2. The second-order valence-corrected chi connectivity index (χ2v) is 7.48. The van der Waals surface area contributed by atoms with Gasteiger partial charge in [-0.1, -0.05) is 47.5 Å². The lowest BCUT2D eigenvalue weighted by atomic mass is 9.89. The number of hydrogen-bond acceptors (Lipinski definition) is 2. The van der Waals surface area contributed by atoms with Crippen LogP contribution in [0.3, 0.4) is 0 Å². The monoisotopic (exact) mass is 296 g/mol. The molecule has 0 aliphatic carbocycles. The van der Waals surface area contributed by atoms with Crippen LogP contribution in [0.5, 0.6) is 0 Å². The Kier molecular flexibility index (Phi) is 8.31. The number of hydrogen-bond donors (Lipinski definition) is 1. The molecule has 1 aliphatic heterocycles. The molecule has 3 nitrogen and oxygen atoms in total. The number of rotatable bonds is 8. The zero-order valence-electron chi connectivity index (χ0n) is 14.8. The van der Waals surface area contributed by atoms with Gasteiger partial charge in [-0.25, -0.2) is 0 Å². The minimum absolute atomic E-state index is 0.117. The zero-order valence-corrected chi connectivity index (χ0v) is 14.8. The van der Waals surface area contributed by atoms with Gasteiger partial charge < -0.3 is 10.2 Å². The van der Waals surface area contributed by atoms with E-state index in [0.717, 1.165) is 25.6 Å². The highest BCUT2D eigenvalue weighted by Crippen LogP contribution is 2.23. The standard InChI is InChI=1S/C18H36N2O/c1-6-7-8-16-11-17(19-10-9-14(2)3)13-20(12-16)18(21)15(4)5/h14-17,19H,6-13H2,1-5H3. The van der Waals surface area contributed by atoms with E-state index < -0.39 is 0 Å². The van der Waals surface area contributed by atoms with Crippen molar-refractivity contribution in [3.63, 3.8) is 0 Å². The van der Waals surface area contributed by atoms with Gasteiger partial charge in [-0.05, 0) is 37.6 Å². The van der Waals surface area contributed by atoms with E-state index in [2.05, 4.69) is 31.0 Å². The molecule has 2 atom stereocenters. The van der Waals surface area contributed by atoms with Crippen LogP contribution in [0.15, 0.2) is 0 Å². The predicted octanol–water partition coefficient (Wildman–Crippen LogP) is 3.69. The second kappa shape index (κ2) is 9.45. The van der Waals surface area contributed by atoms with E-state index in [1.54, 1.807) is 0 Å². The summed E-state index contributed by atoms with van der Waals surface area (Å²) in [6.45, 7) is 13.8. The van der Waals surface area contributed by atoms with Crippen molar-refractivity contribution in [1.29, 1.82) is 0 Å². The number of piperidine rings is 1. The summed E-state index contributed by atoms with van der Waals surface area (Å²) in [5.41, 5.74) is 0. The van der Waals surface area contributed by atoms with Crippen molar-refractivity contribution in [2.75, 3.05) is 19.6 Å². The van der Waals surface area contributed by atoms with E-state index in [9.17, 15) is 4.79 Å². The van der Waals surface area contributed by atoms with Gasteiger partial charge in [0.2, 0.25) is 5.91 Å². The van der Waals surface area contributed by atoms with Crippen molar-refractivity contribution in [3.8, 4) is 0 Å². The van der Waals surface area contributed by atoms with Gasteiger partial charge in [0.1, 0.15) is 0 Å². The molecule has 21 heavy (non-hydrogen) atoms. The lowest BCUT2D eigenvalue weighted by Crippen LogP contribution is -2.52. The van der Waals surface area contributed by atoms with E-state index in [0.29, 0.717) is 17.9 Å². The Hall–Kier alpha value is -0.570. The Morgan fingerprint density at radius 1 is 1.24 bits per heavy atom. The molecule has 0 aromatic carbocycles. The Morgan fingerprint density at radius 3 is 2.52 bits per heavy atom. The van der Waals surface area contributed by atoms with Crippen LogP contribution in [-0.4, -0.2) is 36.5 Å². The molecule has 1 rings (SSSR count). The summed E-state index contributed by atoms with van der Waals surface area (Å²) in [5.74, 6) is 1.86. The van der Waals surface area contributed by atoms with Crippen molar-refractivity contribution in [2.24, 2.45) is 17.8 Å². The maximum Gasteiger partial charge on any atom is 0.225 e. The van der Waals surface area contributed by atoms with Crippen LogP contribution in [0, 0.1) is 17.8 Å². The molecule has 0 saturated carbocycles. The van der Waals surface area contributed by atoms with Gasteiger partial charge in [-0.15, -0.1) is 0 Å². The smallest absolute Gasteiger partial charge is 0.225 e. The minimum Gasteiger partial charge on any atom is -0.341 e. The van der Waals surface area contributed by atoms with Gasteiger partial charge in [0.15, 0.2) is 0 Å². The molecule has 124 valence electrons. The summed E-state index contributed by atoms with van der Waals surface area (Å²) in [6.07, 6.45) is 6.25. The van der Waals surface area contributed by atoms with Crippen LogP contribution in [0.2, 0.25) is 0 Å². The fourth-order valence-electron chi connectivity index (χ4n) is 3.17. The fraction of sp³-hybridized carbons (Fsp3) is 0.944. The molecule has 0 radical (unpaired) electrons. The van der Waals surface area contributed by atoms with Crippen LogP contribution >= 0.6 is 0 Å². The SMILES string of the molecule is CCCCC1CC(NCCC(C)C)CN(C(=O)C(C)C)C1. The first-order chi connectivity index (χ1) is 9.93. The van der Waals surface area contributed by atoms with Gasteiger partial charge in [-0.3, -0.25) is 4.79 Å². The third-order valence-electron chi connectivity index (χ3n) is 4.46. The lowest BCUT2D eigenvalue weighted by Gasteiger charge is -2.39. The number of likely N-dealkylation sites (tertiary alicyclic amines) is 1. The molecule has 1 amide bonds. The highest BCUT2D eigenvalue weighted by molar-refractivity contribution is 5.78. The van der Waals surface area contributed by atoms with Crippen molar-refractivity contribution in [2.45, 2.75) is 72.8 Å². The number of unbranched alkanes of at least 4 members (excludes halogenated alkanes) is 1. The number of carbonyl (C=O) groups is 1. The Bertz CT molecular complexity index is 302. The molecule has 0 aromatic heterocycles. The topological polar surface area (TPSA) is 32.3 Å². The van der Waals surface area contributed by atoms with Gasteiger partial charge in [-0.2, -0.15) is 0 Å². The Balaban J connectivity index is 2.54. The molecule has 0 bridgehead atoms. The molecule has 0 aromatic rings. The molecule has 3 heteroatoms. The molecule has 1 heterocycles. The van der Waals surface area contributed by atoms with Crippen LogP contribution in [-0.2, 0) is 4.79 Å². The Labute approximate surface area is 131 Å². The van der Waals surface area contributed by atoms with E-state index in [-0.39, 0.29) is 5.92 Å². The van der Waals surface area contributed by atoms with Crippen molar-refractivity contribution >= 4 is 5.91 Å². The van der Waals surface area contributed by atoms with Crippen LogP contribution in [0.1, 0.15) is 66.7 Å². The number of carbonyl (C=O) groups excluding carboxylic acids is 1. The van der Waals surface area contributed by atoms with Gasteiger partial charge in [0.25, 0.3) is 0 Å². The summed E-state index contributed by atoms with van der Waals surface area (Å²) in [5, 5.41) is 3.69. The zero-order chi connectivity index (χ0) is 15.8. The minimum atomic E-state index is 0.117. The van der Waals surface area contributed by atoms with Gasteiger partial charge in [0.05, 0.1) is 0 Å². The highest BCUT2D eigenvalue weighted by Gasteiger charge is 2.30. The van der Waals surface area contributed by atoms with Gasteiger partial charge >= 0.3 is 0 Å². The summed E-state index contributed by atoms with van der Waals surface area (Å²) < 4.78 is 0. The summed E-state index contributed by atoms with van der Waals surface area (Å²) in [7, 11) is 0. The van der Waals surface area contributed by atoms with Crippen molar-refractivity contribution in [1.82, 2.24) is 10.2 Å².